The topological polar surface area (TPSA) is 66.0 Å². The predicted octanol–water partition coefficient (Wildman–Crippen LogP) is 3.98. The van der Waals surface area contributed by atoms with Gasteiger partial charge in [-0.25, -0.2) is 4.98 Å². The maximum absolute atomic E-state index is 10.7. The van der Waals surface area contributed by atoms with Crippen molar-refractivity contribution < 1.29 is 9.90 Å². The van der Waals surface area contributed by atoms with Crippen LogP contribution in [0.1, 0.15) is 37.4 Å². The molecule has 0 unspecified atom stereocenters. The van der Waals surface area contributed by atoms with E-state index < -0.39 is 5.97 Å². The van der Waals surface area contributed by atoms with Gasteiger partial charge in [-0.1, -0.05) is 38.1 Å². The summed E-state index contributed by atoms with van der Waals surface area (Å²) in [6, 6.07) is 8.23. The number of aromatic amines is 1. The third-order valence-corrected chi connectivity index (χ3v) is 3.57. The third-order valence-electron chi connectivity index (χ3n) is 3.19. The molecule has 0 saturated carbocycles. The third kappa shape index (κ3) is 3.48. The van der Waals surface area contributed by atoms with Crippen LogP contribution in [-0.4, -0.2) is 21.0 Å². The number of rotatable bonds is 5. The first kappa shape index (κ1) is 14.8. The highest BCUT2D eigenvalue weighted by molar-refractivity contribution is 9.10. The molecule has 0 saturated heterocycles. The van der Waals surface area contributed by atoms with E-state index in [1.54, 1.807) is 0 Å². The SMILES string of the molecule is CC(C)c1ccc(-c2nc(Br)[nH]c2CCC(=O)O)cc1. The molecule has 0 aliphatic carbocycles. The number of carboxylic acids is 1. The molecule has 1 aromatic heterocycles. The summed E-state index contributed by atoms with van der Waals surface area (Å²) in [6.07, 6.45) is 0.529. The van der Waals surface area contributed by atoms with Crippen LogP contribution in [0.25, 0.3) is 11.3 Å². The molecule has 0 bridgehead atoms. The molecule has 2 N–H and O–H groups in total. The van der Waals surface area contributed by atoms with Crippen LogP contribution < -0.4 is 0 Å². The fourth-order valence-corrected chi connectivity index (χ4v) is 2.47. The van der Waals surface area contributed by atoms with E-state index in [1.807, 2.05) is 12.1 Å². The summed E-state index contributed by atoms with van der Waals surface area (Å²) in [4.78, 5) is 18.2. The van der Waals surface area contributed by atoms with E-state index in [9.17, 15) is 4.79 Å². The molecule has 1 aromatic carbocycles. The fraction of sp³-hybridized carbons (Fsp3) is 0.333. The standard InChI is InChI=1S/C15H17BrN2O2/c1-9(2)10-3-5-11(6-4-10)14-12(7-8-13(19)20)17-15(16)18-14/h3-6,9H,7-8H2,1-2H3,(H,17,18)(H,19,20). The van der Waals surface area contributed by atoms with Crippen molar-refractivity contribution >= 4 is 21.9 Å². The molecule has 4 nitrogen and oxygen atoms in total. The van der Waals surface area contributed by atoms with E-state index in [4.69, 9.17) is 5.11 Å². The summed E-state index contributed by atoms with van der Waals surface area (Å²) in [6.45, 7) is 4.30. The number of aliphatic carboxylic acids is 1. The number of halogens is 1. The van der Waals surface area contributed by atoms with Crippen molar-refractivity contribution in [3.8, 4) is 11.3 Å². The quantitative estimate of drug-likeness (QED) is 0.867. The summed E-state index contributed by atoms with van der Waals surface area (Å²) < 4.78 is 0.626. The lowest BCUT2D eigenvalue weighted by molar-refractivity contribution is -0.136. The maximum atomic E-state index is 10.7. The average Bonchev–Trinajstić information content (AvgIpc) is 2.77. The lowest BCUT2D eigenvalue weighted by Gasteiger charge is -2.06. The number of aryl methyl sites for hydroxylation is 1. The van der Waals surface area contributed by atoms with Gasteiger partial charge in [-0.15, -0.1) is 0 Å². The van der Waals surface area contributed by atoms with Crippen molar-refractivity contribution in [2.24, 2.45) is 0 Å². The second-order valence-electron chi connectivity index (χ2n) is 5.03. The van der Waals surface area contributed by atoms with Crippen molar-refractivity contribution in [2.45, 2.75) is 32.6 Å². The summed E-state index contributed by atoms with van der Waals surface area (Å²) in [5.74, 6) is -0.321. The Hall–Kier alpha value is -1.62. The molecule has 5 heteroatoms. The van der Waals surface area contributed by atoms with Gasteiger partial charge in [0.15, 0.2) is 4.73 Å². The van der Waals surface area contributed by atoms with Gasteiger partial charge in [0.2, 0.25) is 0 Å². The zero-order valence-electron chi connectivity index (χ0n) is 11.5. The van der Waals surface area contributed by atoms with Gasteiger partial charge in [-0.05, 0) is 27.4 Å². The monoisotopic (exact) mass is 336 g/mol. The lowest BCUT2D eigenvalue weighted by Crippen LogP contribution is -1.99. The summed E-state index contributed by atoms with van der Waals surface area (Å²) in [5, 5.41) is 8.79. The van der Waals surface area contributed by atoms with Crippen LogP contribution in [0.2, 0.25) is 0 Å². The van der Waals surface area contributed by atoms with Crippen molar-refractivity contribution in [1.29, 1.82) is 0 Å². The first-order chi connectivity index (χ1) is 9.47. The van der Waals surface area contributed by atoms with Gasteiger partial charge >= 0.3 is 5.97 Å². The Balaban J connectivity index is 2.29. The number of carboxylic acid groups (broad SMARTS) is 1. The van der Waals surface area contributed by atoms with E-state index in [0.717, 1.165) is 17.0 Å². The van der Waals surface area contributed by atoms with Crippen molar-refractivity contribution in [3.05, 3.63) is 40.3 Å². The minimum atomic E-state index is -0.808. The molecule has 0 radical (unpaired) electrons. The van der Waals surface area contributed by atoms with Crippen LogP contribution >= 0.6 is 15.9 Å². The maximum Gasteiger partial charge on any atom is 0.303 e. The number of nitrogens with zero attached hydrogens (tertiary/aromatic N) is 1. The highest BCUT2D eigenvalue weighted by Crippen LogP contribution is 2.26. The smallest absolute Gasteiger partial charge is 0.303 e. The minimum absolute atomic E-state index is 0.0890. The Bertz CT molecular complexity index is 603. The molecule has 2 rings (SSSR count). The van der Waals surface area contributed by atoms with Gasteiger partial charge in [0, 0.05) is 17.7 Å². The van der Waals surface area contributed by atoms with Crippen LogP contribution in [0.15, 0.2) is 29.0 Å². The molecule has 106 valence electrons. The molecule has 0 amide bonds. The van der Waals surface area contributed by atoms with Gasteiger partial charge in [0.1, 0.15) is 0 Å². The Morgan fingerprint density at radius 2 is 2.00 bits per heavy atom. The summed E-state index contributed by atoms with van der Waals surface area (Å²) in [5.41, 5.74) is 3.93. The molecule has 0 atom stereocenters. The van der Waals surface area contributed by atoms with Gasteiger partial charge in [0.25, 0.3) is 0 Å². The van der Waals surface area contributed by atoms with Crippen molar-refractivity contribution in [2.75, 3.05) is 0 Å². The van der Waals surface area contributed by atoms with E-state index >= 15 is 0 Å². The number of benzene rings is 1. The molecule has 20 heavy (non-hydrogen) atoms. The van der Waals surface area contributed by atoms with Gasteiger partial charge < -0.3 is 10.1 Å². The van der Waals surface area contributed by atoms with Gasteiger partial charge in [0.05, 0.1) is 12.1 Å². The molecular formula is C15H17BrN2O2. The largest absolute Gasteiger partial charge is 0.481 e. The average molecular weight is 337 g/mol. The van der Waals surface area contributed by atoms with Crippen LogP contribution in [0.3, 0.4) is 0 Å². The first-order valence-electron chi connectivity index (χ1n) is 6.54. The Labute approximate surface area is 126 Å². The van der Waals surface area contributed by atoms with Crippen LogP contribution in [-0.2, 0) is 11.2 Å². The summed E-state index contributed by atoms with van der Waals surface area (Å²) in [7, 11) is 0. The second-order valence-corrected chi connectivity index (χ2v) is 5.78. The number of aromatic nitrogens is 2. The van der Waals surface area contributed by atoms with Gasteiger partial charge in [-0.2, -0.15) is 0 Å². The highest BCUT2D eigenvalue weighted by atomic mass is 79.9. The van der Waals surface area contributed by atoms with Crippen molar-refractivity contribution in [3.63, 3.8) is 0 Å². The van der Waals surface area contributed by atoms with E-state index in [2.05, 4.69) is 51.9 Å². The highest BCUT2D eigenvalue weighted by Gasteiger charge is 2.12. The molecule has 0 fully saturated rings. The summed E-state index contributed by atoms with van der Waals surface area (Å²) >= 11 is 3.31. The molecule has 0 aliphatic rings. The Morgan fingerprint density at radius 1 is 1.35 bits per heavy atom. The normalized spacial score (nSPS) is 11.0. The lowest BCUT2D eigenvalue weighted by atomic mass is 10.00. The molecule has 1 heterocycles. The Morgan fingerprint density at radius 3 is 2.55 bits per heavy atom. The second kappa shape index (κ2) is 6.22. The number of H-pyrrole nitrogens is 1. The van der Waals surface area contributed by atoms with E-state index in [1.165, 1.54) is 5.56 Å². The number of hydrogen-bond acceptors (Lipinski definition) is 2. The Kier molecular flexibility index (Phi) is 4.60. The molecular weight excluding hydrogens is 320 g/mol. The van der Waals surface area contributed by atoms with Crippen LogP contribution in [0, 0.1) is 0 Å². The number of carbonyl (C=O) groups is 1. The molecule has 0 spiro atoms. The first-order valence-corrected chi connectivity index (χ1v) is 7.33. The molecule has 0 aliphatic heterocycles. The molecule has 2 aromatic rings. The van der Waals surface area contributed by atoms with Crippen molar-refractivity contribution in [1.82, 2.24) is 9.97 Å². The zero-order valence-corrected chi connectivity index (χ0v) is 13.1. The number of imidazole rings is 1. The number of nitrogens with one attached hydrogen (secondary N) is 1. The minimum Gasteiger partial charge on any atom is -0.481 e. The zero-order chi connectivity index (χ0) is 14.7. The van der Waals surface area contributed by atoms with Crippen LogP contribution in [0.5, 0.6) is 0 Å². The fourth-order valence-electron chi connectivity index (χ4n) is 2.05. The van der Waals surface area contributed by atoms with Crippen LogP contribution in [0.4, 0.5) is 0 Å². The number of hydrogen-bond donors (Lipinski definition) is 2. The van der Waals surface area contributed by atoms with E-state index in [0.29, 0.717) is 17.1 Å². The van der Waals surface area contributed by atoms with Gasteiger partial charge in [-0.3, -0.25) is 4.79 Å². The van der Waals surface area contributed by atoms with E-state index in [-0.39, 0.29) is 6.42 Å². The predicted molar refractivity (Wildman–Crippen MR) is 81.8 cm³/mol.